The van der Waals surface area contributed by atoms with Crippen molar-refractivity contribution >= 4 is 11.8 Å². The molecule has 0 fully saturated rings. The van der Waals surface area contributed by atoms with Gasteiger partial charge in [0.05, 0.1) is 24.8 Å². The van der Waals surface area contributed by atoms with Gasteiger partial charge in [-0.2, -0.15) is 10.2 Å². The Kier molecular flexibility index (Phi) is 5.91. The van der Waals surface area contributed by atoms with Gasteiger partial charge in [0.2, 0.25) is 0 Å². The number of halogens is 2. The van der Waals surface area contributed by atoms with Gasteiger partial charge in [-0.05, 0) is 24.3 Å². The molecule has 0 bridgehead atoms. The first kappa shape index (κ1) is 20.3. The molecule has 0 aliphatic rings. The lowest BCUT2D eigenvalue weighted by Gasteiger charge is -1.98. The lowest BCUT2D eigenvalue weighted by Crippen LogP contribution is -2.05. The molecule has 4 aromatic heterocycles. The second-order valence-electron chi connectivity index (χ2n) is 5.62. The van der Waals surface area contributed by atoms with Crippen molar-refractivity contribution in [3.8, 4) is 11.6 Å². The van der Waals surface area contributed by atoms with Crippen LogP contribution in [0.2, 0.25) is 0 Å². The summed E-state index contributed by atoms with van der Waals surface area (Å²) in [5, 5.41) is 30.4. The van der Waals surface area contributed by atoms with Gasteiger partial charge >= 0.3 is 5.97 Å². The number of aromatic carboxylic acids is 1. The summed E-state index contributed by atoms with van der Waals surface area (Å²) < 4.78 is 27.6. The molecule has 0 atom stereocenters. The molecular formula is C17H12F2N8O3. The van der Waals surface area contributed by atoms with Crippen LogP contribution in [-0.2, 0) is 0 Å². The third kappa shape index (κ3) is 4.89. The Morgan fingerprint density at radius 3 is 1.57 bits per heavy atom. The minimum Gasteiger partial charge on any atom is -0.476 e. The van der Waals surface area contributed by atoms with Crippen LogP contribution in [0.5, 0.6) is 0 Å². The molecular weight excluding hydrogens is 402 g/mol. The van der Waals surface area contributed by atoms with Crippen LogP contribution in [0.15, 0.2) is 49.1 Å². The molecule has 152 valence electrons. The minimum atomic E-state index is -1.17. The second kappa shape index (κ2) is 8.72. The summed E-state index contributed by atoms with van der Waals surface area (Å²) in [5.74, 6) is -1.67. The van der Waals surface area contributed by atoms with E-state index in [1.165, 1.54) is 36.0 Å². The normalized spacial score (nSPS) is 10.2. The maximum Gasteiger partial charge on any atom is 0.356 e. The van der Waals surface area contributed by atoms with Crippen molar-refractivity contribution in [3.05, 3.63) is 72.1 Å². The van der Waals surface area contributed by atoms with Gasteiger partial charge in [-0.1, -0.05) is 0 Å². The third-order valence-corrected chi connectivity index (χ3v) is 3.45. The Balaban J connectivity index is 0.000000171. The van der Waals surface area contributed by atoms with E-state index in [0.29, 0.717) is 5.82 Å². The van der Waals surface area contributed by atoms with Gasteiger partial charge in [-0.15, -0.1) is 20.4 Å². The average Bonchev–Trinajstić information content (AvgIpc) is 3.37. The zero-order chi connectivity index (χ0) is 21.7. The van der Waals surface area contributed by atoms with Crippen LogP contribution in [0.1, 0.15) is 27.9 Å². The molecule has 0 unspecified atom stereocenters. The van der Waals surface area contributed by atoms with Crippen molar-refractivity contribution in [2.45, 2.75) is 6.92 Å². The molecule has 0 saturated carbocycles. The lowest BCUT2D eigenvalue weighted by molar-refractivity contribution is 0.0689. The Morgan fingerprint density at radius 1 is 0.800 bits per heavy atom. The molecule has 0 aliphatic carbocycles. The Hall–Kier alpha value is -4.42. The quantitative estimate of drug-likeness (QED) is 0.492. The van der Waals surface area contributed by atoms with Gasteiger partial charge in [0, 0.05) is 6.92 Å². The average molecular weight is 414 g/mol. The third-order valence-electron chi connectivity index (χ3n) is 3.45. The highest BCUT2D eigenvalue weighted by Gasteiger charge is 2.07. The summed E-state index contributed by atoms with van der Waals surface area (Å²) in [4.78, 5) is 21.4. The SMILES string of the molecule is CC(=O)c1ccc(-n2cc(F)cn2)nn1.O=C(O)c1ccc(-n2cc(F)cn2)nn1. The van der Waals surface area contributed by atoms with Gasteiger partial charge in [0.15, 0.2) is 34.7 Å². The standard InChI is InChI=1S/C9H7FN4O.C8H5FN4O2/c1-6(15)8-2-3-9(13-12-8)14-5-7(10)4-11-14;9-5-3-10-13(4-5)7-2-1-6(8(14)15)11-12-7/h2-5H,1H3;1-4H,(H,14,15). The zero-order valence-corrected chi connectivity index (χ0v) is 15.2. The van der Waals surface area contributed by atoms with Gasteiger partial charge in [-0.25, -0.2) is 22.9 Å². The minimum absolute atomic E-state index is 0.166. The first-order valence-corrected chi connectivity index (χ1v) is 8.16. The maximum absolute atomic E-state index is 12.6. The number of aromatic nitrogens is 8. The number of carboxylic acid groups (broad SMARTS) is 1. The summed E-state index contributed by atoms with van der Waals surface area (Å²) in [6.45, 7) is 1.40. The number of ketones is 1. The van der Waals surface area contributed by atoms with Crippen LogP contribution in [0.3, 0.4) is 0 Å². The van der Waals surface area contributed by atoms with Gasteiger partial charge in [0.1, 0.15) is 5.69 Å². The fourth-order valence-electron chi connectivity index (χ4n) is 2.05. The fraction of sp³-hybridized carbons (Fsp3) is 0.0588. The predicted molar refractivity (Wildman–Crippen MR) is 95.2 cm³/mol. The molecule has 0 aliphatic heterocycles. The highest BCUT2D eigenvalue weighted by atomic mass is 19.1. The van der Waals surface area contributed by atoms with Crippen LogP contribution in [0.4, 0.5) is 8.78 Å². The van der Waals surface area contributed by atoms with Crippen molar-refractivity contribution < 1.29 is 23.5 Å². The number of hydrogen-bond acceptors (Lipinski definition) is 8. The summed E-state index contributed by atoms with van der Waals surface area (Å²) >= 11 is 0. The van der Waals surface area contributed by atoms with Crippen molar-refractivity contribution in [2.24, 2.45) is 0 Å². The molecule has 0 amide bonds. The van der Waals surface area contributed by atoms with E-state index in [1.807, 2.05) is 0 Å². The smallest absolute Gasteiger partial charge is 0.356 e. The van der Waals surface area contributed by atoms with E-state index in [0.717, 1.165) is 23.3 Å². The summed E-state index contributed by atoms with van der Waals surface area (Å²) in [6, 6.07) is 5.73. The number of rotatable bonds is 4. The largest absolute Gasteiger partial charge is 0.476 e. The molecule has 0 aromatic carbocycles. The van der Waals surface area contributed by atoms with E-state index in [-0.39, 0.29) is 23.0 Å². The van der Waals surface area contributed by atoms with Crippen molar-refractivity contribution in [2.75, 3.05) is 0 Å². The molecule has 0 saturated heterocycles. The maximum atomic E-state index is 12.6. The molecule has 11 nitrogen and oxygen atoms in total. The molecule has 4 heterocycles. The van der Waals surface area contributed by atoms with Crippen LogP contribution in [0.25, 0.3) is 11.6 Å². The highest BCUT2D eigenvalue weighted by Crippen LogP contribution is 2.05. The van der Waals surface area contributed by atoms with Crippen molar-refractivity contribution in [1.29, 1.82) is 0 Å². The van der Waals surface area contributed by atoms with Crippen LogP contribution in [0, 0.1) is 11.6 Å². The number of nitrogens with zero attached hydrogens (tertiary/aromatic N) is 8. The Labute approximate surface area is 166 Å². The first-order valence-electron chi connectivity index (χ1n) is 8.16. The summed E-state index contributed by atoms with van der Waals surface area (Å²) in [5.41, 5.74) is 0.0951. The molecule has 0 spiro atoms. The number of carboxylic acids is 1. The Bertz CT molecular complexity index is 1080. The summed E-state index contributed by atoms with van der Waals surface area (Å²) in [7, 11) is 0. The van der Waals surface area contributed by atoms with Gasteiger partial charge in [0.25, 0.3) is 0 Å². The van der Waals surface area contributed by atoms with E-state index >= 15 is 0 Å². The fourth-order valence-corrected chi connectivity index (χ4v) is 2.05. The number of carbonyl (C=O) groups excluding carboxylic acids is 1. The lowest BCUT2D eigenvalue weighted by atomic mass is 10.3. The van der Waals surface area contributed by atoms with Crippen molar-refractivity contribution in [1.82, 2.24) is 40.0 Å². The van der Waals surface area contributed by atoms with Crippen molar-refractivity contribution in [3.63, 3.8) is 0 Å². The molecule has 4 rings (SSSR count). The number of Topliss-reactive ketones (excluding diaryl/α,β-unsaturated/α-hetero) is 1. The van der Waals surface area contributed by atoms with E-state index in [9.17, 15) is 18.4 Å². The number of carbonyl (C=O) groups is 2. The Morgan fingerprint density at radius 2 is 1.27 bits per heavy atom. The highest BCUT2D eigenvalue weighted by molar-refractivity contribution is 5.91. The molecule has 0 radical (unpaired) electrons. The predicted octanol–water partition coefficient (Wildman–Crippen LogP) is 1.50. The molecule has 13 heteroatoms. The molecule has 4 aromatic rings. The van der Waals surface area contributed by atoms with Crippen LogP contribution < -0.4 is 0 Å². The van der Waals surface area contributed by atoms with E-state index < -0.39 is 17.6 Å². The van der Waals surface area contributed by atoms with E-state index in [1.54, 1.807) is 6.07 Å². The zero-order valence-electron chi connectivity index (χ0n) is 15.2. The van der Waals surface area contributed by atoms with Crippen LogP contribution >= 0.6 is 0 Å². The van der Waals surface area contributed by atoms with E-state index in [2.05, 4.69) is 30.6 Å². The molecule has 1 N–H and O–H groups in total. The first-order chi connectivity index (χ1) is 14.3. The molecule has 30 heavy (non-hydrogen) atoms. The number of hydrogen-bond donors (Lipinski definition) is 1. The van der Waals surface area contributed by atoms with Gasteiger partial charge in [-0.3, -0.25) is 4.79 Å². The topological polar surface area (TPSA) is 142 Å². The summed E-state index contributed by atoms with van der Waals surface area (Å²) in [6.07, 6.45) is 4.38. The van der Waals surface area contributed by atoms with E-state index in [4.69, 9.17) is 5.11 Å². The monoisotopic (exact) mass is 414 g/mol. The van der Waals surface area contributed by atoms with Crippen LogP contribution in [-0.4, -0.2) is 56.8 Å². The second-order valence-corrected chi connectivity index (χ2v) is 5.62. The van der Waals surface area contributed by atoms with Gasteiger partial charge < -0.3 is 5.11 Å².